The highest BCUT2D eigenvalue weighted by Gasteiger charge is 2.58. The van der Waals surface area contributed by atoms with Crippen LogP contribution in [0.5, 0.6) is 0 Å². The molecule has 30 heavy (non-hydrogen) atoms. The van der Waals surface area contributed by atoms with Crippen molar-refractivity contribution in [2.24, 2.45) is 28.7 Å². The van der Waals surface area contributed by atoms with Gasteiger partial charge in [0.1, 0.15) is 0 Å². The molecule has 2 aliphatic carbocycles. The molecule has 5 atom stereocenters. The van der Waals surface area contributed by atoms with E-state index in [-0.39, 0.29) is 59.5 Å². The van der Waals surface area contributed by atoms with Crippen LogP contribution in [0.4, 0.5) is 0 Å². The molecule has 7 nitrogen and oxygen atoms in total. The lowest BCUT2D eigenvalue weighted by Gasteiger charge is -2.18. The van der Waals surface area contributed by atoms with E-state index in [9.17, 15) is 13.8 Å². The molecule has 1 aromatic rings. The zero-order valence-corrected chi connectivity index (χ0v) is 20.0. The number of guanidine groups is 1. The second-order valence-electron chi connectivity index (χ2n) is 7.62. The van der Waals surface area contributed by atoms with Crippen LogP contribution in [0, 0.1) is 23.7 Å². The molecule has 2 N–H and O–H groups in total. The van der Waals surface area contributed by atoms with Crippen LogP contribution in [-0.2, 0) is 20.4 Å². The average molecular weight is 542 g/mol. The van der Waals surface area contributed by atoms with Gasteiger partial charge in [0.25, 0.3) is 0 Å². The van der Waals surface area contributed by atoms with E-state index in [1.807, 2.05) is 30.3 Å². The number of hydrogen-bond donors (Lipinski definition) is 2. The fourth-order valence-corrected chi connectivity index (χ4v) is 5.63. The first-order chi connectivity index (χ1) is 14.1. The number of carbonyl (C=O) groups excluding carboxylic acids is 2. The molecule has 0 radical (unpaired) electrons. The molecule has 1 aliphatic heterocycles. The fourth-order valence-electron chi connectivity index (χ4n) is 4.64. The van der Waals surface area contributed by atoms with Crippen molar-refractivity contribution in [3.63, 3.8) is 0 Å². The van der Waals surface area contributed by atoms with Gasteiger partial charge in [0.2, 0.25) is 11.8 Å². The van der Waals surface area contributed by atoms with Gasteiger partial charge in [-0.2, -0.15) is 0 Å². The van der Waals surface area contributed by atoms with Crippen LogP contribution < -0.4 is 10.6 Å². The van der Waals surface area contributed by atoms with E-state index < -0.39 is 10.8 Å². The number of amides is 2. The van der Waals surface area contributed by atoms with Crippen LogP contribution in [0.25, 0.3) is 0 Å². The van der Waals surface area contributed by atoms with Gasteiger partial charge in [0.15, 0.2) is 5.96 Å². The zero-order valence-electron chi connectivity index (χ0n) is 16.8. The van der Waals surface area contributed by atoms with Crippen LogP contribution in [0.1, 0.15) is 6.42 Å². The van der Waals surface area contributed by atoms with Gasteiger partial charge >= 0.3 is 0 Å². The van der Waals surface area contributed by atoms with E-state index in [4.69, 9.17) is 0 Å². The number of allylic oxidation sites excluding steroid dienone is 2. The predicted molar refractivity (Wildman–Crippen MR) is 127 cm³/mol. The highest BCUT2D eigenvalue weighted by molar-refractivity contribution is 14.0. The molecule has 4 rings (SSSR count). The van der Waals surface area contributed by atoms with Crippen LogP contribution in [0.2, 0.25) is 0 Å². The topological polar surface area (TPSA) is 90.9 Å². The molecular formula is C21H27IN4O3S. The van der Waals surface area contributed by atoms with Gasteiger partial charge in [-0.25, -0.2) is 0 Å². The molecule has 1 saturated heterocycles. The Kier molecular flexibility index (Phi) is 7.67. The predicted octanol–water partition coefficient (Wildman–Crippen LogP) is 1.38. The quantitative estimate of drug-likeness (QED) is 0.179. The van der Waals surface area contributed by atoms with Crippen molar-refractivity contribution < 1.29 is 13.8 Å². The number of aliphatic imine (C=N–C) groups is 1. The molecule has 1 saturated carbocycles. The van der Waals surface area contributed by atoms with Crippen molar-refractivity contribution in [3.05, 3.63) is 42.5 Å². The third-order valence-electron chi connectivity index (χ3n) is 6.00. The molecule has 5 unspecified atom stereocenters. The highest BCUT2D eigenvalue weighted by atomic mass is 127. The van der Waals surface area contributed by atoms with E-state index in [1.165, 1.54) is 4.90 Å². The number of hydrogen-bond acceptors (Lipinski definition) is 4. The van der Waals surface area contributed by atoms with E-state index in [0.717, 1.165) is 11.3 Å². The van der Waals surface area contributed by atoms with Crippen LogP contribution in [0.3, 0.4) is 0 Å². The Morgan fingerprint density at radius 3 is 2.27 bits per heavy atom. The van der Waals surface area contributed by atoms with Crippen LogP contribution in [-0.4, -0.2) is 59.3 Å². The van der Waals surface area contributed by atoms with E-state index in [0.29, 0.717) is 31.3 Å². The number of halogens is 1. The minimum Gasteiger partial charge on any atom is -0.355 e. The van der Waals surface area contributed by atoms with Crippen molar-refractivity contribution >= 4 is 52.6 Å². The first-order valence-electron chi connectivity index (χ1n) is 10.0. The summed E-state index contributed by atoms with van der Waals surface area (Å²) in [6.07, 6.45) is 5.15. The van der Waals surface area contributed by atoms with Crippen molar-refractivity contribution in [2.45, 2.75) is 11.3 Å². The summed E-state index contributed by atoms with van der Waals surface area (Å²) in [4.78, 5) is 31.7. The summed E-state index contributed by atoms with van der Waals surface area (Å²) < 4.78 is 12.3. The summed E-state index contributed by atoms with van der Waals surface area (Å²) in [6, 6.07) is 9.35. The molecule has 2 fully saturated rings. The van der Waals surface area contributed by atoms with Crippen LogP contribution >= 0.6 is 24.0 Å². The summed E-state index contributed by atoms with van der Waals surface area (Å²) in [6.45, 7) is 1.27. The van der Waals surface area contributed by atoms with Gasteiger partial charge in [-0.05, 0) is 30.4 Å². The number of carbonyl (C=O) groups is 2. The van der Waals surface area contributed by atoms with Crippen LogP contribution in [0.15, 0.2) is 52.4 Å². The fraction of sp³-hybridized carbons (Fsp3) is 0.476. The Morgan fingerprint density at radius 1 is 1.07 bits per heavy atom. The summed E-state index contributed by atoms with van der Waals surface area (Å²) in [5.74, 6) is 1.15. The number of fused-ring (bicyclic) bond motifs is 5. The molecule has 2 bridgehead atoms. The minimum absolute atomic E-state index is 0. The van der Waals surface area contributed by atoms with Gasteiger partial charge in [0.05, 0.1) is 22.6 Å². The lowest BCUT2D eigenvalue weighted by Crippen LogP contribution is -2.44. The first kappa shape index (κ1) is 22.9. The molecule has 9 heteroatoms. The molecule has 0 spiro atoms. The van der Waals surface area contributed by atoms with Crippen molar-refractivity contribution in [3.8, 4) is 0 Å². The number of likely N-dealkylation sites (tertiary alicyclic amines) is 1. The van der Waals surface area contributed by atoms with Gasteiger partial charge in [-0.15, -0.1) is 24.0 Å². The van der Waals surface area contributed by atoms with E-state index >= 15 is 0 Å². The SMILES string of the molecule is CN=C(NCCN1C(=O)C2C3C=CC(C3)C2C1=O)NCCS(=O)c1ccccc1.I. The van der Waals surface area contributed by atoms with Gasteiger partial charge in [0, 0.05) is 37.3 Å². The second kappa shape index (κ2) is 10.0. The van der Waals surface area contributed by atoms with Crippen molar-refractivity contribution in [1.82, 2.24) is 15.5 Å². The summed E-state index contributed by atoms with van der Waals surface area (Å²) >= 11 is 0. The Bertz CT molecular complexity index is 846. The molecule has 162 valence electrons. The number of nitrogens with one attached hydrogen (secondary N) is 2. The molecule has 0 aromatic heterocycles. The van der Waals surface area contributed by atoms with E-state index in [2.05, 4.69) is 27.8 Å². The monoisotopic (exact) mass is 542 g/mol. The van der Waals surface area contributed by atoms with Crippen molar-refractivity contribution in [1.29, 1.82) is 0 Å². The maximum atomic E-state index is 12.7. The maximum absolute atomic E-state index is 12.7. The largest absolute Gasteiger partial charge is 0.355 e. The Balaban J connectivity index is 0.00000256. The number of imide groups is 1. The molecule has 1 heterocycles. The van der Waals surface area contributed by atoms with E-state index in [1.54, 1.807) is 7.05 Å². The summed E-state index contributed by atoms with van der Waals surface area (Å²) in [5.41, 5.74) is 0. The van der Waals surface area contributed by atoms with Gasteiger partial charge in [-0.3, -0.25) is 23.7 Å². The number of nitrogens with zero attached hydrogens (tertiary/aromatic N) is 2. The highest BCUT2D eigenvalue weighted by Crippen LogP contribution is 2.52. The molecule has 2 amide bonds. The lowest BCUT2D eigenvalue weighted by molar-refractivity contribution is -0.140. The Labute approximate surface area is 196 Å². The number of rotatable bonds is 7. The van der Waals surface area contributed by atoms with Gasteiger partial charge in [-0.1, -0.05) is 30.4 Å². The first-order valence-corrected chi connectivity index (χ1v) is 11.3. The maximum Gasteiger partial charge on any atom is 0.233 e. The number of benzene rings is 1. The summed E-state index contributed by atoms with van der Waals surface area (Å²) in [5, 5.41) is 6.26. The van der Waals surface area contributed by atoms with Gasteiger partial charge < -0.3 is 10.6 Å². The Hall–Kier alpha value is -1.75. The standard InChI is InChI=1S/C21H26N4O3S.HI/c1-22-21(24-10-12-29(28)16-5-3-2-4-6-16)23-9-11-25-19(26)17-14-7-8-15(13-14)18(17)20(25)27;/h2-8,14-15,17-18H,9-13H2,1H3,(H2,22,23,24);1H. The third-order valence-corrected chi connectivity index (χ3v) is 7.37. The summed E-state index contributed by atoms with van der Waals surface area (Å²) in [7, 11) is 0.585. The molecular weight excluding hydrogens is 515 g/mol. The molecule has 1 aromatic carbocycles. The molecule has 3 aliphatic rings. The third kappa shape index (κ3) is 4.46. The average Bonchev–Trinajstić information content (AvgIpc) is 3.42. The second-order valence-corrected chi connectivity index (χ2v) is 9.19. The van der Waals surface area contributed by atoms with Crippen molar-refractivity contribution in [2.75, 3.05) is 32.4 Å². The minimum atomic E-state index is -1.07. The zero-order chi connectivity index (χ0) is 20.4. The smallest absolute Gasteiger partial charge is 0.233 e. The lowest BCUT2D eigenvalue weighted by atomic mass is 9.85. The Morgan fingerprint density at radius 2 is 1.67 bits per heavy atom. The normalized spacial score (nSPS) is 27.8.